The number of aryl methyl sites for hydroxylation is 2. The van der Waals surface area contributed by atoms with E-state index >= 15 is 0 Å². The van der Waals surface area contributed by atoms with Crippen molar-refractivity contribution in [2.75, 3.05) is 31.1 Å². The minimum atomic E-state index is -0.504. The average molecular weight is 382 g/mol. The van der Waals surface area contributed by atoms with Crippen LogP contribution in [0, 0.1) is 22.9 Å². The fourth-order valence-electron chi connectivity index (χ4n) is 3.16. The van der Waals surface area contributed by atoms with Gasteiger partial charge in [-0.2, -0.15) is 5.10 Å². The average Bonchev–Trinajstić information content (AvgIpc) is 2.88. The van der Waals surface area contributed by atoms with Gasteiger partial charge < -0.3 is 9.80 Å². The molecule has 1 saturated heterocycles. The summed E-state index contributed by atoms with van der Waals surface area (Å²) >= 11 is 5.96. The number of amides is 1. The second-order valence-electron chi connectivity index (χ2n) is 6.04. The maximum atomic E-state index is 13.2. The van der Waals surface area contributed by atoms with E-state index in [0.29, 0.717) is 37.7 Å². The molecule has 26 heavy (non-hydrogen) atoms. The smallest absolute Gasteiger partial charge is 0.333 e. The summed E-state index contributed by atoms with van der Waals surface area (Å²) in [5, 5.41) is 15.5. The summed E-state index contributed by atoms with van der Waals surface area (Å²) in [7, 11) is 1.66. The number of rotatable bonds is 3. The molecule has 2 aromatic rings. The Morgan fingerprint density at radius 2 is 1.96 bits per heavy atom. The molecule has 8 nitrogen and oxygen atoms in total. The first-order valence-electron chi connectivity index (χ1n) is 7.97. The predicted molar refractivity (Wildman–Crippen MR) is 94.1 cm³/mol. The second kappa shape index (κ2) is 6.91. The number of anilines is 1. The molecule has 1 aromatic heterocycles. The highest BCUT2D eigenvalue weighted by Crippen LogP contribution is 2.31. The Morgan fingerprint density at radius 1 is 1.31 bits per heavy atom. The monoisotopic (exact) mass is 381 g/mol. The van der Waals surface area contributed by atoms with Crippen molar-refractivity contribution in [3.63, 3.8) is 0 Å². The van der Waals surface area contributed by atoms with Crippen LogP contribution < -0.4 is 4.90 Å². The van der Waals surface area contributed by atoms with Gasteiger partial charge in [0.15, 0.2) is 0 Å². The lowest BCUT2D eigenvalue weighted by Crippen LogP contribution is -2.49. The lowest BCUT2D eigenvalue weighted by Gasteiger charge is -2.35. The fraction of sp³-hybridized carbons (Fsp3) is 0.375. The number of piperazine rings is 1. The van der Waals surface area contributed by atoms with Gasteiger partial charge in [-0.25, -0.2) is 9.07 Å². The van der Waals surface area contributed by atoms with Crippen molar-refractivity contribution in [2.45, 2.75) is 6.92 Å². The van der Waals surface area contributed by atoms with E-state index in [9.17, 15) is 19.3 Å². The van der Waals surface area contributed by atoms with Crippen molar-refractivity contribution >= 4 is 29.0 Å². The molecule has 10 heteroatoms. The molecule has 0 saturated carbocycles. The number of carbonyl (C=O) groups excluding carboxylic acids is 1. The van der Waals surface area contributed by atoms with Crippen molar-refractivity contribution in [3.05, 3.63) is 50.4 Å². The van der Waals surface area contributed by atoms with Gasteiger partial charge in [-0.1, -0.05) is 11.6 Å². The van der Waals surface area contributed by atoms with Crippen molar-refractivity contribution in [1.82, 2.24) is 14.7 Å². The van der Waals surface area contributed by atoms with Gasteiger partial charge in [0.25, 0.3) is 5.91 Å². The van der Waals surface area contributed by atoms with Crippen LogP contribution in [0.15, 0.2) is 18.2 Å². The zero-order valence-corrected chi connectivity index (χ0v) is 15.0. The van der Waals surface area contributed by atoms with Gasteiger partial charge in [0.1, 0.15) is 11.5 Å². The van der Waals surface area contributed by atoms with Crippen LogP contribution in [0.1, 0.15) is 16.1 Å². The van der Waals surface area contributed by atoms with Gasteiger partial charge in [-0.3, -0.25) is 14.9 Å². The van der Waals surface area contributed by atoms with E-state index in [1.807, 2.05) is 4.90 Å². The van der Waals surface area contributed by atoms with Crippen LogP contribution in [-0.2, 0) is 7.05 Å². The predicted octanol–water partition coefficient (Wildman–Crippen LogP) is 2.39. The standard InChI is InChI=1S/C16H17ClFN5O3/c1-10-14(23(25)26)15(20(2)19-10)21-5-7-22(8-6-21)16(24)12-4-3-11(18)9-13(12)17/h3-4,9H,5-8H2,1-2H3. The third-order valence-corrected chi connectivity index (χ3v) is 4.68. The fourth-order valence-corrected chi connectivity index (χ4v) is 3.41. The van der Waals surface area contributed by atoms with Crippen molar-refractivity contribution < 1.29 is 14.1 Å². The molecule has 0 bridgehead atoms. The summed E-state index contributed by atoms with van der Waals surface area (Å²) in [6.45, 7) is 3.18. The third kappa shape index (κ3) is 3.22. The van der Waals surface area contributed by atoms with Gasteiger partial charge in [0.2, 0.25) is 5.82 Å². The molecule has 3 rings (SSSR count). The molecule has 0 spiro atoms. The van der Waals surface area contributed by atoms with E-state index in [1.165, 1.54) is 16.8 Å². The Kier molecular flexibility index (Phi) is 4.82. The maximum Gasteiger partial charge on any atom is 0.333 e. The van der Waals surface area contributed by atoms with E-state index < -0.39 is 10.7 Å². The number of halogens is 2. The van der Waals surface area contributed by atoms with Crippen LogP contribution in [0.25, 0.3) is 0 Å². The number of carbonyl (C=O) groups is 1. The summed E-state index contributed by atoms with van der Waals surface area (Å²) in [5.41, 5.74) is 0.571. The molecule has 0 radical (unpaired) electrons. The Balaban J connectivity index is 1.76. The molecule has 0 aliphatic carbocycles. The van der Waals surface area contributed by atoms with Crippen LogP contribution in [0.3, 0.4) is 0 Å². The zero-order valence-electron chi connectivity index (χ0n) is 14.3. The first kappa shape index (κ1) is 18.1. The number of nitro groups is 1. The van der Waals surface area contributed by atoms with E-state index in [2.05, 4.69) is 5.10 Å². The zero-order chi connectivity index (χ0) is 19.0. The van der Waals surface area contributed by atoms with Crippen LogP contribution in [0.2, 0.25) is 5.02 Å². The highest BCUT2D eigenvalue weighted by molar-refractivity contribution is 6.33. The van der Waals surface area contributed by atoms with E-state index in [-0.39, 0.29) is 22.2 Å². The van der Waals surface area contributed by atoms with Crippen LogP contribution in [-0.4, -0.2) is 51.7 Å². The Bertz CT molecular complexity index is 877. The van der Waals surface area contributed by atoms with Crippen molar-refractivity contribution in [2.24, 2.45) is 7.05 Å². The number of hydrogen-bond acceptors (Lipinski definition) is 5. The first-order valence-corrected chi connectivity index (χ1v) is 8.34. The maximum absolute atomic E-state index is 13.2. The van der Waals surface area contributed by atoms with E-state index in [1.54, 1.807) is 18.9 Å². The van der Waals surface area contributed by atoms with Gasteiger partial charge in [0, 0.05) is 33.2 Å². The Hall–Kier alpha value is -2.68. The summed E-state index contributed by atoms with van der Waals surface area (Å²) < 4.78 is 14.6. The third-order valence-electron chi connectivity index (χ3n) is 4.37. The van der Waals surface area contributed by atoms with E-state index in [0.717, 1.165) is 6.07 Å². The number of hydrogen-bond donors (Lipinski definition) is 0. The molecule has 0 N–H and O–H groups in total. The molecule has 1 aliphatic rings. The van der Waals surface area contributed by atoms with Crippen LogP contribution >= 0.6 is 11.6 Å². The van der Waals surface area contributed by atoms with Gasteiger partial charge >= 0.3 is 5.69 Å². The van der Waals surface area contributed by atoms with Crippen molar-refractivity contribution in [3.8, 4) is 0 Å². The topological polar surface area (TPSA) is 84.5 Å². The van der Waals surface area contributed by atoms with Crippen LogP contribution in [0.5, 0.6) is 0 Å². The number of nitrogens with zero attached hydrogens (tertiary/aromatic N) is 5. The number of aromatic nitrogens is 2. The summed E-state index contributed by atoms with van der Waals surface area (Å²) in [6.07, 6.45) is 0. The van der Waals surface area contributed by atoms with E-state index in [4.69, 9.17) is 11.6 Å². The summed E-state index contributed by atoms with van der Waals surface area (Å²) in [6, 6.07) is 3.66. The highest BCUT2D eigenvalue weighted by Gasteiger charge is 2.31. The summed E-state index contributed by atoms with van der Waals surface area (Å²) in [5.74, 6) is -0.361. The molecular formula is C16H17ClFN5O3. The molecule has 2 heterocycles. The molecule has 1 amide bonds. The minimum absolute atomic E-state index is 0.0196. The van der Waals surface area contributed by atoms with Crippen LogP contribution in [0.4, 0.5) is 15.9 Å². The first-order chi connectivity index (χ1) is 12.3. The molecule has 1 aliphatic heterocycles. The molecule has 1 aromatic carbocycles. The van der Waals surface area contributed by atoms with Gasteiger partial charge in [-0.15, -0.1) is 0 Å². The lowest BCUT2D eigenvalue weighted by atomic mass is 10.1. The van der Waals surface area contributed by atoms with Gasteiger partial charge in [0.05, 0.1) is 15.5 Å². The molecule has 0 atom stereocenters. The number of benzene rings is 1. The lowest BCUT2D eigenvalue weighted by molar-refractivity contribution is -0.384. The molecular weight excluding hydrogens is 365 g/mol. The van der Waals surface area contributed by atoms with Crippen molar-refractivity contribution in [1.29, 1.82) is 0 Å². The highest BCUT2D eigenvalue weighted by atomic mass is 35.5. The van der Waals surface area contributed by atoms with Gasteiger partial charge in [-0.05, 0) is 25.1 Å². The minimum Gasteiger partial charge on any atom is -0.348 e. The molecule has 0 unspecified atom stereocenters. The Morgan fingerprint density at radius 3 is 2.54 bits per heavy atom. The SMILES string of the molecule is Cc1nn(C)c(N2CCN(C(=O)c3ccc(F)cc3Cl)CC2)c1[N+](=O)[O-]. The largest absolute Gasteiger partial charge is 0.348 e. The molecule has 138 valence electrons. The normalized spacial score (nSPS) is 14.6. The Labute approximate surface area is 153 Å². The summed E-state index contributed by atoms with van der Waals surface area (Å²) in [4.78, 5) is 26.9. The quantitative estimate of drug-likeness (QED) is 0.602. The molecule has 1 fully saturated rings. The second-order valence-corrected chi connectivity index (χ2v) is 6.45.